The van der Waals surface area contributed by atoms with Crippen LogP contribution in [0.4, 0.5) is 0 Å². The van der Waals surface area contributed by atoms with Crippen molar-refractivity contribution in [3.63, 3.8) is 0 Å². The van der Waals surface area contributed by atoms with Gasteiger partial charge in [0.25, 0.3) is 5.91 Å². The van der Waals surface area contributed by atoms with Gasteiger partial charge in [0.05, 0.1) is 11.6 Å². The first-order chi connectivity index (χ1) is 9.77. The third-order valence-corrected chi connectivity index (χ3v) is 3.82. The van der Waals surface area contributed by atoms with Crippen LogP contribution in [0, 0.1) is 6.92 Å². The van der Waals surface area contributed by atoms with Gasteiger partial charge in [0, 0.05) is 30.8 Å². The van der Waals surface area contributed by atoms with Crippen LogP contribution in [-0.2, 0) is 0 Å². The fourth-order valence-electron chi connectivity index (χ4n) is 2.79. The number of carbonyl (C=O) groups excluding carboxylic acids is 1. The highest BCUT2D eigenvalue weighted by Gasteiger charge is 2.31. The van der Waals surface area contributed by atoms with E-state index in [9.17, 15) is 4.79 Å². The molecule has 1 aliphatic rings. The van der Waals surface area contributed by atoms with Crippen molar-refractivity contribution in [3.05, 3.63) is 59.7 Å². The van der Waals surface area contributed by atoms with Crippen LogP contribution < -0.4 is 0 Å². The minimum Gasteiger partial charge on any atom is -0.331 e. The first-order valence-corrected chi connectivity index (χ1v) is 6.90. The Kier molecular flexibility index (Phi) is 3.46. The van der Waals surface area contributed by atoms with Gasteiger partial charge in [-0.15, -0.1) is 0 Å². The predicted octanol–water partition coefficient (Wildman–Crippen LogP) is 2.76. The summed E-state index contributed by atoms with van der Waals surface area (Å²) in [5, 5.41) is 0. The van der Waals surface area contributed by atoms with Gasteiger partial charge in [-0.3, -0.25) is 14.8 Å². The van der Waals surface area contributed by atoms with E-state index in [0.717, 1.165) is 30.6 Å². The van der Waals surface area contributed by atoms with Crippen LogP contribution in [-0.4, -0.2) is 27.3 Å². The lowest BCUT2D eigenvalue weighted by Crippen LogP contribution is -2.31. The lowest BCUT2D eigenvalue weighted by atomic mass is 10.1. The van der Waals surface area contributed by atoms with Crippen LogP contribution in [0.3, 0.4) is 0 Å². The van der Waals surface area contributed by atoms with E-state index in [1.807, 2.05) is 42.3 Å². The van der Waals surface area contributed by atoms with E-state index in [-0.39, 0.29) is 11.9 Å². The number of pyridine rings is 2. The summed E-state index contributed by atoms with van der Waals surface area (Å²) in [6.07, 6.45) is 7.36. The maximum absolute atomic E-state index is 12.7. The number of rotatable bonds is 2. The number of nitrogens with zero attached hydrogens (tertiary/aromatic N) is 3. The summed E-state index contributed by atoms with van der Waals surface area (Å²) in [5.74, 6) is 0.0713. The van der Waals surface area contributed by atoms with Crippen molar-refractivity contribution in [2.45, 2.75) is 25.8 Å². The van der Waals surface area contributed by atoms with E-state index in [1.54, 1.807) is 12.4 Å². The summed E-state index contributed by atoms with van der Waals surface area (Å²) >= 11 is 0. The summed E-state index contributed by atoms with van der Waals surface area (Å²) < 4.78 is 0. The minimum atomic E-state index is 0.0713. The lowest BCUT2D eigenvalue weighted by molar-refractivity contribution is 0.0734. The molecule has 0 bridgehead atoms. The summed E-state index contributed by atoms with van der Waals surface area (Å²) in [6.45, 7) is 2.68. The summed E-state index contributed by atoms with van der Waals surface area (Å²) in [4.78, 5) is 23.0. The Bertz CT molecular complexity index is 612. The highest BCUT2D eigenvalue weighted by Crippen LogP contribution is 2.32. The van der Waals surface area contributed by atoms with Gasteiger partial charge in [0.1, 0.15) is 0 Å². The Hall–Kier alpha value is -2.23. The van der Waals surface area contributed by atoms with E-state index < -0.39 is 0 Å². The number of carbonyl (C=O) groups is 1. The van der Waals surface area contributed by atoms with Crippen LogP contribution in [0.1, 0.15) is 40.5 Å². The number of amides is 1. The van der Waals surface area contributed by atoms with Crippen molar-refractivity contribution in [2.24, 2.45) is 0 Å². The van der Waals surface area contributed by atoms with Gasteiger partial charge in [-0.2, -0.15) is 0 Å². The molecule has 1 atom stereocenters. The third-order valence-electron chi connectivity index (χ3n) is 3.82. The Morgan fingerprint density at radius 1 is 1.30 bits per heavy atom. The Labute approximate surface area is 118 Å². The summed E-state index contributed by atoms with van der Waals surface area (Å²) in [6, 6.07) is 7.76. The normalized spacial score (nSPS) is 18.2. The molecule has 4 nitrogen and oxygen atoms in total. The fraction of sp³-hybridized carbons (Fsp3) is 0.312. The molecule has 1 unspecified atom stereocenters. The summed E-state index contributed by atoms with van der Waals surface area (Å²) in [7, 11) is 0. The molecule has 0 saturated carbocycles. The molecule has 3 heterocycles. The van der Waals surface area contributed by atoms with Crippen molar-refractivity contribution in [1.82, 2.24) is 14.9 Å². The molecule has 2 aromatic rings. The van der Waals surface area contributed by atoms with Gasteiger partial charge >= 0.3 is 0 Å². The molecular weight excluding hydrogens is 250 g/mol. The monoisotopic (exact) mass is 267 g/mol. The van der Waals surface area contributed by atoms with Crippen molar-refractivity contribution in [2.75, 3.05) is 6.54 Å². The first-order valence-electron chi connectivity index (χ1n) is 6.90. The second-order valence-corrected chi connectivity index (χ2v) is 5.08. The van der Waals surface area contributed by atoms with E-state index in [2.05, 4.69) is 9.97 Å². The Morgan fingerprint density at radius 3 is 2.90 bits per heavy atom. The van der Waals surface area contributed by atoms with E-state index in [4.69, 9.17) is 0 Å². The number of aryl methyl sites for hydroxylation is 1. The smallest absolute Gasteiger partial charge is 0.256 e. The maximum Gasteiger partial charge on any atom is 0.256 e. The Morgan fingerprint density at radius 2 is 2.15 bits per heavy atom. The van der Waals surface area contributed by atoms with Crippen LogP contribution in [0.25, 0.3) is 0 Å². The molecule has 0 N–H and O–H groups in total. The Balaban J connectivity index is 1.90. The van der Waals surface area contributed by atoms with Crippen molar-refractivity contribution < 1.29 is 4.79 Å². The molecule has 0 spiro atoms. The van der Waals surface area contributed by atoms with Crippen molar-refractivity contribution in [1.29, 1.82) is 0 Å². The van der Waals surface area contributed by atoms with Gasteiger partial charge in [-0.05, 0) is 43.5 Å². The van der Waals surface area contributed by atoms with Crippen molar-refractivity contribution >= 4 is 5.91 Å². The van der Waals surface area contributed by atoms with Crippen LogP contribution in [0.15, 0.2) is 42.9 Å². The topological polar surface area (TPSA) is 46.1 Å². The molecule has 0 aliphatic carbocycles. The van der Waals surface area contributed by atoms with Gasteiger partial charge < -0.3 is 4.90 Å². The minimum absolute atomic E-state index is 0.0713. The zero-order chi connectivity index (χ0) is 13.9. The molecule has 1 fully saturated rings. The number of aromatic nitrogens is 2. The molecule has 3 rings (SSSR count). The molecule has 2 aromatic heterocycles. The van der Waals surface area contributed by atoms with Gasteiger partial charge in [-0.25, -0.2) is 0 Å². The zero-order valence-electron chi connectivity index (χ0n) is 11.5. The van der Waals surface area contributed by atoms with Crippen LogP contribution in [0.2, 0.25) is 0 Å². The molecular formula is C16H17N3O. The van der Waals surface area contributed by atoms with Crippen LogP contribution in [0.5, 0.6) is 0 Å². The molecule has 1 saturated heterocycles. The SMILES string of the molecule is Cc1ncccc1C(=O)N1CCCC1c1cccnc1. The molecule has 0 radical (unpaired) electrons. The van der Waals surface area contributed by atoms with E-state index in [1.165, 1.54) is 0 Å². The average molecular weight is 267 g/mol. The van der Waals surface area contributed by atoms with Gasteiger partial charge in [0.15, 0.2) is 0 Å². The van der Waals surface area contributed by atoms with Gasteiger partial charge in [0.2, 0.25) is 0 Å². The number of hydrogen-bond donors (Lipinski definition) is 0. The standard InChI is InChI=1S/C16H17N3O/c1-12-14(6-3-9-18-12)16(20)19-10-4-7-15(19)13-5-2-8-17-11-13/h2-3,5-6,8-9,11,15H,4,7,10H2,1H3. The third kappa shape index (κ3) is 2.29. The van der Waals surface area contributed by atoms with Gasteiger partial charge in [-0.1, -0.05) is 6.07 Å². The van der Waals surface area contributed by atoms with Crippen molar-refractivity contribution in [3.8, 4) is 0 Å². The average Bonchev–Trinajstić information content (AvgIpc) is 2.97. The molecule has 1 amide bonds. The quantitative estimate of drug-likeness (QED) is 0.840. The number of likely N-dealkylation sites (tertiary alicyclic amines) is 1. The maximum atomic E-state index is 12.7. The zero-order valence-corrected chi connectivity index (χ0v) is 11.5. The van der Waals surface area contributed by atoms with E-state index in [0.29, 0.717) is 5.56 Å². The molecule has 4 heteroatoms. The highest BCUT2D eigenvalue weighted by atomic mass is 16.2. The summed E-state index contributed by atoms with van der Waals surface area (Å²) in [5.41, 5.74) is 2.59. The first kappa shape index (κ1) is 12.8. The fourth-order valence-corrected chi connectivity index (χ4v) is 2.79. The lowest BCUT2D eigenvalue weighted by Gasteiger charge is -2.25. The predicted molar refractivity (Wildman–Crippen MR) is 76.2 cm³/mol. The number of hydrogen-bond acceptors (Lipinski definition) is 3. The van der Waals surface area contributed by atoms with Crippen LogP contribution >= 0.6 is 0 Å². The molecule has 20 heavy (non-hydrogen) atoms. The highest BCUT2D eigenvalue weighted by molar-refractivity contribution is 5.95. The largest absolute Gasteiger partial charge is 0.331 e. The second-order valence-electron chi connectivity index (χ2n) is 5.08. The molecule has 1 aliphatic heterocycles. The second kappa shape index (κ2) is 5.41. The molecule has 0 aromatic carbocycles. The van der Waals surface area contributed by atoms with E-state index >= 15 is 0 Å². The molecule has 102 valence electrons.